The first kappa shape index (κ1) is 54.9. The molecule has 0 saturated heterocycles. The highest BCUT2D eigenvalue weighted by Crippen LogP contribution is 2.44. The van der Waals surface area contributed by atoms with Crippen LogP contribution >= 0.6 is 15.9 Å². The number of halogens is 1. The molecule has 0 spiro atoms. The van der Waals surface area contributed by atoms with Crippen molar-refractivity contribution in [2.75, 3.05) is 18.4 Å². The van der Waals surface area contributed by atoms with E-state index in [9.17, 15) is 38.4 Å². The van der Waals surface area contributed by atoms with Crippen LogP contribution in [0.25, 0.3) is 22.3 Å². The number of pyridine rings is 2. The number of benzene rings is 2. The number of hydrogen-bond donors (Lipinski definition) is 5. The Morgan fingerprint density at radius 2 is 1.69 bits per heavy atom. The van der Waals surface area contributed by atoms with Gasteiger partial charge in [-0.15, -0.1) is 0 Å². The SMILES string of the molecule is CC[C@@]1(OC(=O)CC2(CNC(=O)OCc3ccc(NC(=O)[C@H](CCCNC(N)=O)CC(=O)[C@@H](NC(=O)OC(C)(C)C)C(C)C)cc3)CCCCC2)C(=O)OCc2c1cc1n(c2=O)Cc2cc3c(Br)cccc3nc2-1. The molecule has 0 unspecified atom stereocenters. The number of aromatic nitrogens is 2. The third-order valence-electron chi connectivity index (χ3n) is 13.9. The van der Waals surface area contributed by atoms with Crippen LogP contribution in [0.15, 0.2) is 63.9 Å². The number of carbonyl (C=O) groups is 7. The number of primary amides is 1. The molecular weight excluding hydrogens is 1020 g/mol. The summed E-state index contributed by atoms with van der Waals surface area (Å²) in [5.74, 6) is -3.34. The van der Waals surface area contributed by atoms with E-state index in [1.54, 1.807) is 76.4 Å². The quantitative estimate of drug-likeness (QED) is 0.0297. The molecule has 6 N–H and O–H groups in total. The fraction of sp³-hybridized carbons (Fsp3) is 0.500. The van der Waals surface area contributed by atoms with Crippen LogP contribution < -0.4 is 32.6 Å². The highest BCUT2D eigenvalue weighted by molar-refractivity contribution is 9.10. The molecule has 2 aliphatic heterocycles. The summed E-state index contributed by atoms with van der Waals surface area (Å²) >= 11 is 3.60. The number of carbonyl (C=O) groups excluding carboxylic acids is 7. The average Bonchev–Trinajstić information content (AvgIpc) is 3.71. The van der Waals surface area contributed by atoms with E-state index < -0.39 is 64.6 Å². The minimum Gasteiger partial charge on any atom is -0.457 e. The van der Waals surface area contributed by atoms with E-state index in [1.165, 1.54) is 0 Å². The van der Waals surface area contributed by atoms with Crippen LogP contribution in [0, 0.1) is 17.3 Å². The fourth-order valence-electron chi connectivity index (χ4n) is 10.1. The number of anilines is 1. The zero-order chi connectivity index (χ0) is 53.5. The standard InChI is InChI=1S/C54H66BrN7O12/c1-7-54(38-25-41-45-34(23-36-39(55)14-11-15-40(36)60-45)27-62(41)47(66)37(38)29-71-48(54)67)73-43(64)26-53(20-9-8-10-21-53)30-58-50(69)72-28-32-16-18-35(19-17-32)59-46(65)33(13-12-22-57-49(56)68)24-42(63)44(31(2)3)61-51(70)74-52(4,5)6/h11,14-19,23,25,31,33,44H,7-10,12-13,20-22,24,26-30H2,1-6H3,(H,58,69)(H,59,65)(H,61,70)(H3,56,57,68)/t33-,44+,54+/m1/s1. The van der Waals surface area contributed by atoms with Crippen molar-refractivity contribution in [2.45, 2.75) is 143 Å². The van der Waals surface area contributed by atoms with Crippen LogP contribution in [0.3, 0.4) is 0 Å². The van der Waals surface area contributed by atoms with Gasteiger partial charge in [-0.05, 0) is 106 Å². The number of nitrogens with zero attached hydrogens (tertiary/aromatic N) is 2. The second kappa shape index (κ2) is 23.2. The van der Waals surface area contributed by atoms with Gasteiger partial charge in [0, 0.05) is 52.1 Å². The van der Waals surface area contributed by atoms with Crippen LogP contribution in [-0.4, -0.2) is 76.1 Å². The van der Waals surface area contributed by atoms with Gasteiger partial charge in [0.05, 0.1) is 41.5 Å². The molecule has 2 aromatic carbocycles. The summed E-state index contributed by atoms with van der Waals surface area (Å²) in [6.07, 6.45) is 2.63. The normalized spacial score (nSPS) is 17.4. The maximum absolute atomic E-state index is 14.2. The number of ether oxygens (including phenoxy) is 4. The lowest BCUT2D eigenvalue weighted by Crippen LogP contribution is -2.48. The van der Waals surface area contributed by atoms with Crippen LogP contribution in [0.4, 0.5) is 20.1 Å². The first-order chi connectivity index (χ1) is 35.1. The van der Waals surface area contributed by atoms with E-state index in [2.05, 4.69) is 37.2 Å². The van der Waals surface area contributed by atoms with Crippen molar-refractivity contribution < 1.29 is 52.5 Å². The number of rotatable bonds is 19. The van der Waals surface area contributed by atoms with Crippen LogP contribution in [0.2, 0.25) is 0 Å². The average molecular weight is 1090 g/mol. The highest BCUT2D eigenvalue weighted by Gasteiger charge is 2.51. The summed E-state index contributed by atoms with van der Waals surface area (Å²) in [6, 6.07) is 14.4. The minimum absolute atomic E-state index is 0.0118. The van der Waals surface area contributed by atoms with Crippen molar-refractivity contribution in [3.8, 4) is 11.4 Å². The lowest BCUT2D eigenvalue weighted by atomic mass is 9.71. The number of fused-ring (bicyclic) bond motifs is 5. The number of nitrogens with two attached hydrogens (primary N) is 1. The third kappa shape index (κ3) is 12.9. The summed E-state index contributed by atoms with van der Waals surface area (Å²) < 4.78 is 25.2. The summed E-state index contributed by atoms with van der Waals surface area (Å²) in [6.45, 7) is 10.6. The summed E-state index contributed by atoms with van der Waals surface area (Å²) in [4.78, 5) is 111. The molecule has 3 aliphatic rings. The lowest BCUT2D eigenvalue weighted by molar-refractivity contribution is -0.191. The van der Waals surface area contributed by atoms with Crippen molar-refractivity contribution in [3.63, 3.8) is 0 Å². The number of cyclic esters (lactones) is 1. The van der Waals surface area contributed by atoms with Crippen LogP contribution in [0.5, 0.6) is 0 Å². The Kier molecular flexibility index (Phi) is 17.2. The molecule has 1 saturated carbocycles. The molecule has 0 radical (unpaired) electrons. The monoisotopic (exact) mass is 1080 g/mol. The molecular formula is C54H66BrN7O12. The van der Waals surface area contributed by atoms with Gasteiger partial charge in [-0.3, -0.25) is 19.2 Å². The highest BCUT2D eigenvalue weighted by atomic mass is 79.9. The molecule has 5 amide bonds. The maximum Gasteiger partial charge on any atom is 0.408 e. The van der Waals surface area contributed by atoms with Gasteiger partial charge in [-0.1, -0.05) is 74.2 Å². The van der Waals surface area contributed by atoms with Gasteiger partial charge in [-0.25, -0.2) is 24.2 Å². The Bertz CT molecular complexity index is 2870. The van der Waals surface area contributed by atoms with E-state index in [4.69, 9.17) is 29.7 Å². The van der Waals surface area contributed by atoms with Gasteiger partial charge in [0.25, 0.3) is 5.56 Å². The Balaban J connectivity index is 0.966. The van der Waals surface area contributed by atoms with Crippen LogP contribution in [0.1, 0.15) is 128 Å². The first-order valence-corrected chi connectivity index (χ1v) is 26.0. The van der Waals surface area contributed by atoms with Gasteiger partial charge < -0.3 is 50.5 Å². The Hall–Kier alpha value is -6.83. The number of hydrogen-bond acceptors (Lipinski definition) is 13. The second-order valence-electron chi connectivity index (χ2n) is 20.9. The topological polar surface area (TPSA) is 265 Å². The van der Waals surface area contributed by atoms with E-state index in [1.807, 2.05) is 24.3 Å². The van der Waals surface area contributed by atoms with Gasteiger partial charge in [0.1, 0.15) is 18.8 Å². The molecule has 1 aliphatic carbocycles. The van der Waals surface area contributed by atoms with Crippen molar-refractivity contribution in [3.05, 3.63) is 91.7 Å². The molecule has 1 fully saturated rings. The molecule has 2 aromatic heterocycles. The molecule has 0 bridgehead atoms. The molecule has 4 heterocycles. The molecule has 4 aromatic rings. The van der Waals surface area contributed by atoms with Crippen molar-refractivity contribution >= 4 is 74.4 Å². The number of nitrogens with one attached hydrogen (secondary N) is 4. The number of amides is 5. The Labute approximate surface area is 437 Å². The minimum atomic E-state index is -1.88. The molecule has 74 heavy (non-hydrogen) atoms. The predicted molar refractivity (Wildman–Crippen MR) is 277 cm³/mol. The van der Waals surface area contributed by atoms with Crippen molar-refractivity contribution in [2.24, 2.45) is 23.0 Å². The van der Waals surface area contributed by atoms with Crippen molar-refractivity contribution in [1.29, 1.82) is 0 Å². The van der Waals surface area contributed by atoms with Gasteiger partial charge in [-0.2, -0.15) is 0 Å². The van der Waals surface area contributed by atoms with E-state index in [0.717, 1.165) is 40.2 Å². The number of esters is 2. The summed E-state index contributed by atoms with van der Waals surface area (Å²) in [5.41, 5.74) is 5.77. The van der Waals surface area contributed by atoms with E-state index >= 15 is 0 Å². The Morgan fingerprint density at radius 3 is 2.36 bits per heavy atom. The first-order valence-electron chi connectivity index (χ1n) is 25.2. The maximum atomic E-state index is 14.2. The predicted octanol–water partition coefficient (Wildman–Crippen LogP) is 8.17. The van der Waals surface area contributed by atoms with E-state index in [0.29, 0.717) is 41.9 Å². The summed E-state index contributed by atoms with van der Waals surface area (Å²) in [5, 5.41) is 11.7. The molecule has 7 rings (SSSR count). The zero-order valence-electron chi connectivity index (χ0n) is 42.8. The molecule has 396 valence electrons. The fourth-order valence-corrected chi connectivity index (χ4v) is 10.5. The zero-order valence-corrected chi connectivity index (χ0v) is 44.4. The number of urea groups is 1. The van der Waals surface area contributed by atoms with Gasteiger partial charge >= 0.3 is 30.2 Å². The number of ketones is 1. The summed E-state index contributed by atoms with van der Waals surface area (Å²) in [7, 11) is 0. The largest absolute Gasteiger partial charge is 0.457 e. The molecule has 3 atom stereocenters. The van der Waals surface area contributed by atoms with Gasteiger partial charge in [0.2, 0.25) is 11.5 Å². The third-order valence-corrected chi connectivity index (χ3v) is 14.6. The van der Waals surface area contributed by atoms with Crippen LogP contribution in [-0.2, 0) is 63.5 Å². The van der Waals surface area contributed by atoms with E-state index in [-0.39, 0.29) is 86.9 Å². The smallest absolute Gasteiger partial charge is 0.408 e. The number of alkyl carbamates (subject to hydrolysis) is 2. The second-order valence-corrected chi connectivity index (χ2v) is 21.7. The molecule has 19 nitrogen and oxygen atoms in total. The Morgan fingerprint density at radius 1 is 0.959 bits per heavy atom. The molecule has 20 heteroatoms. The van der Waals surface area contributed by atoms with Crippen molar-refractivity contribution in [1.82, 2.24) is 25.5 Å². The van der Waals surface area contributed by atoms with Gasteiger partial charge in [0.15, 0.2) is 5.78 Å². The number of Topliss-reactive ketones (excluding diaryl/α,β-unsaturated/α-hetero) is 1. The lowest BCUT2D eigenvalue weighted by Gasteiger charge is -2.39.